The largest absolute Gasteiger partial charge is 0.381 e. The van der Waals surface area contributed by atoms with Gasteiger partial charge >= 0.3 is 0 Å². The van der Waals surface area contributed by atoms with E-state index in [0.717, 1.165) is 38.4 Å². The Morgan fingerprint density at radius 2 is 2.00 bits per heavy atom. The van der Waals surface area contributed by atoms with Crippen molar-refractivity contribution in [3.8, 4) is 0 Å². The molecule has 1 saturated heterocycles. The summed E-state index contributed by atoms with van der Waals surface area (Å²) in [5, 5.41) is 0. The van der Waals surface area contributed by atoms with Gasteiger partial charge in [-0.1, -0.05) is 0 Å². The molecular weight excluding hydrogens is 154 g/mol. The molecule has 1 fully saturated rings. The van der Waals surface area contributed by atoms with Crippen molar-refractivity contribution in [1.29, 1.82) is 0 Å². The van der Waals surface area contributed by atoms with E-state index in [1.165, 1.54) is 0 Å². The van der Waals surface area contributed by atoms with Gasteiger partial charge in [0.15, 0.2) is 0 Å². The average Bonchev–Trinajstić information content (AvgIpc) is 2.06. The Morgan fingerprint density at radius 1 is 1.42 bits per heavy atom. The van der Waals surface area contributed by atoms with Crippen LogP contribution in [0.2, 0.25) is 0 Å². The van der Waals surface area contributed by atoms with E-state index in [4.69, 9.17) is 15.5 Å². The minimum Gasteiger partial charge on any atom is -0.381 e. The molecule has 0 aromatic rings. The SMILES string of the molecule is CC(C)(CC1CCOCC1)ON. The highest BCUT2D eigenvalue weighted by atomic mass is 16.6. The summed E-state index contributed by atoms with van der Waals surface area (Å²) < 4.78 is 5.28. The topological polar surface area (TPSA) is 44.5 Å². The van der Waals surface area contributed by atoms with Crippen LogP contribution in [0.5, 0.6) is 0 Å². The number of ether oxygens (including phenoxy) is 1. The average molecular weight is 173 g/mol. The first-order valence-electron chi connectivity index (χ1n) is 4.60. The summed E-state index contributed by atoms with van der Waals surface area (Å²) in [5.41, 5.74) is -0.179. The molecule has 0 saturated carbocycles. The molecular formula is C9H19NO2. The van der Waals surface area contributed by atoms with Crippen molar-refractivity contribution in [3.05, 3.63) is 0 Å². The lowest BCUT2D eigenvalue weighted by Crippen LogP contribution is -2.32. The fourth-order valence-electron chi connectivity index (χ4n) is 1.69. The molecule has 3 nitrogen and oxygen atoms in total. The van der Waals surface area contributed by atoms with Crippen molar-refractivity contribution in [2.24, 2.45) is 11.8 Å². The van der Waals surface area contributed by atoms with Gasteiger partial charge < -0.3 is 4.74 Å². The molecule has 0 aromatic carbocycles. The maximum absolute atomic E-state index is 5.28. The molecule has 3 heteroatoms. The Kier molecular flexibility index (Phi) is 3.50. The van der Waals surface area contributed by atoms with Gasteiger partial charge in [0.05, 0.1) is 5.60 Å². The molecule has 0 radical (unpaired) electrons. The molecule has 1 heterocycles. The second-order valence-electron chi connectivity index (χ2n) is 4.14. The zero-order valence-corrected chi connectivity index (χ0v) is 8.01. The van der Waals surface area contributed by atoms with Crippen molar-refractivity contribution in [3.63, 3.8) is 0 Å². The molecule has 0 aliphatic carbocycles. The summed E-state index contributed by atoms with van der Waals surface area (Å²) in [6.45, 7) is 5.85. The molecule has 2 N–H and O–H groups in total. The molecule has 0 spiro atoms. The van der Waals surface area contributed by atoms with E-state index >= 15 is 0 Å². The maximum atomic E-state index is 5.28. The molecule has 1 rings (SSSR count). The van der Waals surface area contributed by atoms with Gasteiger partial charge in [-0.2, -0.15) is 0 Å². The summed E-state index contributed by atoms with van der Waals surface area (Å²) in [4.78, 5) is 4.90. The van der Waals surface area contributed by atoms with Crippen LogP contribution in [0.15, 0.2) is 0 Å². The predicted molar refractivity (Wildman–Crippen MR) is 47.5 cm³/mol. The quantitative estimate of drug-likeness (QED) is 0.657. The van der Waals surface area contributed by atoms with Gasteiger partial charge in [-0.05, 0) is 39.0 Å². The first-order chi connectivity index (χ1) is 5.64. The lowest BCUT2D eigenvalue weighted by molar-refractivity contribution is -0.0490. The van der Waals surface area contributed by atoms with Gasteiger partial charge in [-0.25, -0.2) is 5.90 Å². The van der Waals surface area contributed by atoms with Crippen molar-refractivity contribution < 1.29 is 9.57 Å². The zero-order valence-electron chi connectivity index (χ0n) is 8.01. The first kappa shape index (κ1) is 9.96. The van der Waals surface area contributed by atoms with Gasteiger partial charge in [0, 0.05) is 13.2 Å². The summed E-state index contributed by atoms with van der Waals surface area (Å²) in [5.74, 6) is 5.91. The molecule has 0 bridgehead atoms. The normalized spacial score (nSPS) is 21.2. The van der Waals surface area contributed by atoms with E-state index in [9.17, 15) is 0 Å². The van der Waals surface area contributed by atoms with Crippen LogP contribution in [0.25, 0.3) is 0 Å². The number of hydrogen-bond acceptors (Lipinski definition) is 3. The molecule has 0 atom stereocenters. The van der Waals surface area contributed by atoms with Crippen LogP contribution in [0.4, 0.5) is 0 Å². The lowest BCUT2D eigenvalue weighted by atomic mass is 9.88. The third-order valence-electron chi connectivity index (χ3n) is 2.44. The van der Waals surface area contributed by atoms with Crippen molar-refractivity contribution in [2.75, 3.05) is 13.2 Å². The second kappa shape index (κ2) is 4.21. The van der Waals surface area contributed by atoms with Crippen LogP contribution < -0.4 is 5.90 Å². The summed E-state index contributed by atoms with van der Waals surface area (Å²) in [6, 6.07) is 0. The summed E-state index contributed by atoms with van der Waals surface area (Å²) >= 11 is 0. The number of rotatable bonds is 3. The maximum Gasteiger partial charge on any atom is 0.0840 e. The van der Waals surface area contributed by atoms with Gasteiger partial charge in [-0.3, -0.25) is 4.84 Å². The van der Waals surface area contributed by atoms with Crippen molar-refractivity contribution in [1.82, 2.24) is 0 Å². The highest BCUT2D eigenvalue weighted by Gasteiger charge is 2.24. The van der Waals surface area contributed by atoms with Crippen LogP contribution >= 0.6 is 0 Å². The monoisotopic (exact) mass is 173 g/mol. The Labute approximate surface area is 74.2 Å². The van der Waals surface area contributed by atoms with Crippen LogP contribution in [-0.4, -0.2) is 18.8 Å². The van der Waals surface area contributed by atoms with Crippen LogP contribution in [-0.2, 0) is 9.57 Å². The Balaban J connectivity index is 2.28. The Bertz CT molecular complexity index is 130. The molecule has 0 amide bonds. The standard InChI is InChI=1S/C9H19NO2/c1-9(2,12-10)7-8-3-5-11-6-4-8/h8H,3-7,10H2,1-2H3. The zero-order chi connectivity index (χ0) is 9.03. The van der Waals surface area contributed by atoms with Gasteiger partial charge in [0.2, 0.25) is 0 Å². The van der Waals surface area contributed by atoms with Crippen LogP contribution in [0.3, 0.4) is 0 Å². The van der Waals surface area contributed by atoms with E-state index in [-0.39, 0.29) is 5.60 Å². The highest BCUT2D eigenvalue weighted by molar-refractivity contribution is 4.74. The molecule has 0 aromatic heterocycles. The molecule has 0 unspecified atom stereocenters. The van der Waals surface area contributed by atoms with Gasteiger partial charge in [0.25, 0.3) is 0 Å². The van der Waals surface area contributed by atoms with E-state index in [0.29, 0.717) is 0 Å². The number of hydrogen-bond donors (Lipinski definition) is 1. The Hall–Kier alpha value is -0.120. The molecule has 12 heavy (non-hydrogen) atoms. The third-order valence-corrected chi connectivity index (χ3v) is 2.44. The smallest absolute Gasteiger partial charge is 0.0840 e. The van der Waals surface area contributed by atoms with Crippen LogP contribution in [0.1, 0.15) is 33.1 Å². The van der Waals surface area contributed by atoms with E-state index in [1.54, 1.807) is 0 Å². The summed E-state index contributed by atoms with van der Waals surface area (Å²) in [7, 11) is 0. The third kappa shape index (κ3) is 3.09. The first-order valence-corrected chi connectivity index (χ1v) is 4.60. The minimum atomic E-state index is -0.179. The molecule has 1 aliphatic heterocycles. The number of nitrogens with two attached hydrogens (primary N) is 1. The minimum absolute atomic E-state index is 0.179. The fourth-order valence-corrected chi connectivity index (χ4v) is 1.69. The lowest BCUT2D eigenvalue weighted by Gasteiger charge is -2.29. The Morgan fingerprint density at radius 3 is 2.50 bits per heavy atom. The fraction of sp³-hybridized carbons (Fsp3) is 1.00. The van der Waals surface area contributed by atoms with E-state index in [2.05, 4.69) is 0 Å². The summed E-state index contributed by atoms with van der Waals surface area (Å²) in [6.07, 6.45) is 3.33. The molecule has 1 aliphatic rings. The van der Waals surface area contributed by atoms with Crippen molar-refractivity contribution >= 4 is 0 Å². The van der Waals surface area contributed by atoms with Crippen molar-refractivity contribution in [2.45, 2.75) is 38.7 Å². The highest BCUT2D eigenvalue weighted by Crippen LogP contribution is 2.26. The van der Waals surface area contributed by atoms with Gasteiger partial charge in [-0.15, -0.1) is 0 Å². The van der Waals surface area contributed by atoms with E-state index < -0.39 is 0 Å². The predicted octanol–water partition coefficient (Wildman–Crippen LogP) is 1.47. The molecule has 72 valence electrons. The van der Waals surface area contributed by atoms with Gasteiger partial charge in [0.1, 0.15) is 0 Å². The van der Waals surface area contributed by atoms with Crippen LogP contribution in [0, 0.1) is 5.92 Å². The van der Waals surface area contributed by atoms with E-state index in [1.807, 2.05) is 13.8 Å². The second-order valence-corrected chi connectivity index (χ2v) is 4.14.